The molecule has 248 valence electrons. The van der Waals surface area contributed by atoms with Crippen LogP contribution in [0.1, 0.15) is 0 Å². The molecular weight excluding hydrogens is 663 g/mol. The van der Waals surface area contributed by atoms with Crippen LogP contribution in [0.5, 0.6) is 0 Å². The number of fused-ring (bicyclic) bond motifs is 9. The molecule has 11 rings (SSSR count). The van der Waals surface area contributed by atoms with Gasteiger partial charge in [-0.3, -0.25) is 0 Å². The maximum atomic E-state index is 6.35. The first-order chi connectivity index (χ1) is 26.3. The number of anilines is 3. The standard InChI is InChI=1S/C50H31NOS/c1-2-14-32(15-3-1)48-41-22-6-4-18-36(41)37-19-5-7-23-42(37)49(48)51(44-25-13-24-43-40-21-9-11-27-47(40)53-50(43)44)35-17-12-16-33(30-35)34-28-29-39-38-20-8-10-26-45(38)52-46(39)31-34/h1-31H. The molecule has 0 unspecified atom stereocenters. The Morgan fingerprint density at radius 2 is 0.981 bits per heavy atom. The molecule has 9 aromatic carbocycles. The minimum Gasteiger partial charge on any atom is -0.456 e. The zero-order valence-corrected chi connectivity index (χ0v) is 29.5. The van der Waals surface area contributed by atoms with Gasteiger partial charge in [0.25, 0.3) is 0 Å². The van der Waals surface area contributed by atoms with Gasteiger partial charge in [-0.2, -0.15) is 0 Å². The van der Waals surface area contributed by atoms with Crippen LogP contribution in [0.2, 0.25) is 0 Å². The third-order valence-corrected chi connectivity index (χ3v) is 11.8. The number of para-hydroxylation sites is 1. The summed E-state index contributed by atoms with van der Waals surface area (Å²) in [5.74, 6) is 0. The van der Waals surface area contributed by atoms with Crippen LogP contribution in [0, 0.1) is 0 Å². The van der Waals surface area contributed by atoms with E-state index in [0.29, 0.717) is 0 Å². The van der Waals surface area contributed by atoms with Crippen molar-refractivity contribution in [2.75, 3.05) is 4.90 Å². The summed E-state index contributed by atoms with van der Waals surface area (Å²) >= 11 is 1.87. The Hall–Kier alpha value is -6.68. The van der Waals surface area contributed by atoms with Gasteiger partial charge in [0.05, 0.1) is 16.1 Å². The second-order valence-corrected chi connectivity index (χ2v) is 14.7. The second kappa shape index (κ2) is 11.9. The summed E-state index contributed by atoms with van der Waals surface area (Å²) in [5.41, 5.74) is 9.87. The number of nitrogens with zero attached hydrogens (tertiary/aromatic N) is 1. The minimum absolute atomic E-state index is 0.896. The maximum absolute atomic E-state index is 6.35. The van der Waals surface area contributed by atoms with Crippen LogP contribution in [0.25, 0.3) is 85.9 Å². The summed E-state index contributed by atoms with van der Waals surface area (Å²) in [7, 11) is 0. The molecule has 0 N–H and O–H groups in total. The fourth-order valence-electron chi connectivity index (χ4n) is 8.28. The molecule has 0 radical (unpaired) electrons. The van der Waals surface area contributed by atoms with Crippen LogP contribution in [-0.4, -0.2) is 0 Å². The van der Waals surface area contributed by atoms with Crippen molar-refractivity contribution < 1.29 is 4.42 Å². The predicted molar refractivity (Wildman–Crippen MR) is 227 cm³/mol. The molecule has 0 aliphatic heterocycles. The van der Waals surface area contributed by atoms with Crippen molar-refractivity contribution in [2.24, 2.45) is 0 Å². The zero-order valence-electron chi connectivity index (χ0n) is 28.7. The first-order valence-corrected chi connectivity index (χ1v) is 18.8. The van der Waals surface area contributed by atoms with Crippen LogP contribution < -0.4 is 4.90 Å². The summed E-state index contributed by atoms with van der Waals surface area (Å²) in [6, 6.07) is 68.1. The Morgan fingerprint density at radius 1 is 0.377 bits per heavy atom. The molecular formula is C50H31NOS. The molecule has 0 aliphatic carbocycles. The second-order valence-electron chi connectivity index (χ2n) is 13.6. The fraction of sp³-hybridized carbons (Fsp3) is 0. The summed E-state index contributed by atoms with van der Waals surface area (Å²) < 4.78 is 8.90. The molecule has 11 aromatic rings. The quantitative estimate of drug-likeness (QED) is 0.167. The summed E-state index contributed by atoms with van der Waals surface area (Å²) in [6.07, 6.45) is 0. The molecule has 0 amide bonds. The van der Waals surface area contributed by atoms with E-state index in [2.05, 4.69) is 181 Å². The Labute approximate surface area is 310 Å². The predicted octanol–water partition coefficient (Wildman–Crippen LogP) is 15.1. The largest absolute Gasteiger partial charge is 0.456 e. The lowest BCUT2D eigenvalue weighted by molar-refractivity contribution is 0.669. The lowest BCUT2D eigenvalue weighted by atomic mass is 9.90. The van der Waals surface area contributed by atoms with E-state index < -0.39 is 0 Å². The van der Waals surface area contributed by atoms with E-state index in [-0.39, 0.29) is 0 Å². The van der Waals surface area contributed by atoms with Crippen molar-refractivity contribution in [2.45, 2.75) is 0 Å². The van der Waals surface area contributed by atoms with E-state index in [1.165, 1.54) is 58.5 Å². The smallest absolute Gasteiger partial charge is 0.136 e. The molecule has 0 saturated heterocycles. The molecule has 53 heavy (non-hydrogen) atoms. The van der Waals surface area contributed by atoms with Gasteiger partial charge in [0.1, 0.15) is 11.2 Å². The van der Waals surface area contributed by atoms with Gasteiger partial charge in [-0.15, -0.1) is 11.3 Å². The highest BCUT2D eigenvalue weighted by Gasteiger charge is 2.26. The first-order valence-electron chi connectivity index (χ1n) is 18.0. The van der Waals surface area contributed by atoms with Crippen molar-refractivity contribution in [1.29, 1.82) is 0 Å². The lowest BCUT2D eigenvalue weighted by Gasteiger charge is -2.31. The van der Waals surface area contributed by atoms with Crippen LogP contribution >= 0.6 is 11.3 Å². The molecule has 2 heterocycles. The molecule has 0 aliphatic rings. The van der Waals surface area contributed by atoms with Gasteiger partial charge in [-0.25, -0.2) is 0 Å². The molecule has 0 fully saturated rings. The van der Waals surface area contributed by atoms with E-state index in [9.17, 15) is 0 Å². The van der Waals surface area contributed by atoms with Gasteiger partial charge in [-0.05, 0) is 75.3 Å². The van der Waals surface area contributed by atoms with Crippen molar-refractivity contribution >= 4 is 92.1 Å². The molecule has 2 nitrogen and oxygen atoms in total. The molecule has 0 spiro atoms. The number of benzene rings is 9. The lowest BCUT2D eigenvalue weighted by Crippen LogP contribution is -2.12. The van der Waals surface area contributed by atoms with Gasteiger partial charge in [-0.1, -0.05) is 146 Å². The first kappa shape index (κ1) is 30.0. The average Bonchev–Trinajstić information content (AvgIpc) is 3.80. The monoisotopic (exact) mass is 693 g/mol. The van der Waals surface area contributed by atoms with Crippen LogP contribution in [0.15, 0.2) is 192 Å². The number of hydrogen-bond acceptors (Lipinski definition) is 3. The minimum atomic E-state index is 0.896. The van der Waals surface area contributed by atoms with Gasteiger partial charge in [0, 0.05) is 42.9 Å². The molecule has 2 aromatic heterocycles. The summed E-state index contributed by atoms with van der Waals surface area (Å²) in [6.45, 7) is 0. The Balaban J connectivity index is 1.24. The summed E-state index contributed by atoms with van der Waals surface area (Å²) in [5, 5.41) is 9.75. The number of rotatable bonds is 5. The third kappa shape index (κ3) is 4.71. The van der Waals surface area contributed by atoms with Gasteiger partial charge in [0.15, 0.2) is 0 Å². The van der Waals surface area contributed by atoms with Crippen LogP contribution in [0.3, 0.4) is 0 Å². The third-order valence-electron chi connectivity index (χ3n) is 10.6. The zero-order chi connectivity index (χ0) is 34.9. The maximum Gasteiger partial charge on any atom is 0.136 e. The van der Waals surface area contributed by atoms with Crippen molar-refractivity contribution in [3.05, 3.63) is 188 Å². The van der Waals surface area contributed by atoms with E-state index in [1.54, 1.807) is 0 Å². The Bertz CT molecular complexity index is 3190. The van der Waals surface area contributed by atoms with Crippen molar-refractivity contribution in [3.63, 3.8) is 0 Å². The highest BCUT2D eigenvalue weighted by molar-refractivity contribution is 7.26. The average molecular weight is 694 g/mol. The van der Waals surface area contributed by atoms with E-state index in [0.717, 1.165) is 44.4 Å². The highest BCUT2D eigenvalue weighted by Crippen LogP contribution is 2.52. The fourth-order valence-corrected chi connectivity index (χ4v) is 9.49. The Kier molecular flexibility index (Phi) is 6.76. The van der Waals surface area contributed by atoms with Crippen LogP contribution in [-0.2, 0) is 0 Å². The van der Waals surface area contributed by atoms with E-state index in [1.807, 2.05) is 23.5 Å². The highest BCUT2D eigenvalue weighted by atomic mass is 32.1. The van der Waals surface area contributed by atoms with E-state index in [4.69, 9.17) is 4.42 Å². The van der Waals surface area contributed by atoms with Crippen molar-refractivity contribution in [3.8, 4) is 22.3 Å². The number of furan rings is 1. The number of hydrogen-bond donors (Lipinski definition) is 0. The van der Waals surface area contributed by atoms with Crippen molar-refractivity contribution in [1.82, 2.24) is 0 Å². The van der Waals surface area contributed by atoms with Crippen LogP contribution in [0.4, 0.5) is 17.1 Å². The topological polar surface area (TPSA) is 16.4 Å². The SMILES string of the molecule is c1ccc(-c2c(N(c3cccc(-c4ccc5c(c4)oc4ccccc45)c3)c3cccc4c3sc3ccccc34)c3ccccc3c3ccccc23)cc1. The van der Waals surface area contributed by atoms with Gasteiger partial charge >= 0.3 is 0 Å². The Morgan fingerprint density at radius 3 is 1.83 bits per heavy atom. The molecule has 3 heteroatoms. The van der Waals surface area contributed by atoms with E-state index >= 15 is 0 Å². The van der Waals surface area contributed by atoms with Gasteiger partial charge < -0.3 is 9.32 Å². The number of thiophene rings is 1. The summed E-state index contributed by atoms with van der Waals surface area (Å²) in [4.78, 5) is 2.53. The van der Waals surface area contributed by atoms with Gasteiger partial charge in [0.2, 0.25) is 0 Å². The molecule has 0 bridgehead atoms. The molecule has 0 saturated carbocycles. The normalized spacial score (nSPS) is 11.8. The molecule has 0 atom stereocenters.